The van der Waals surface area contributed by atoms with E-state index in [0.29, 0.717) is 22.2 Å². The highest BCUT2D eigenvalue weighted by Gasteiger charge is 2.07. The average Bonchev–Trinajstić information content (AvgIpc) is 2.41. The minimum Gasteiger partial charge on any atom is -0.478 e. The van der Waals surface area contributed by atoms with E-state index in [1.54, 1.807) is 25.1 Å². The number of anilines is 1. The summed E-state index contributed by atoms with van der Waals surface area (Å²) in [5.74, 6) is -0.910. The van der Waals surface area contributed by atoms with Crippen LogP contribution in [-0.2, 0) is 6.42 Å². The molecule has 0 saturated carbocycles. The lowest BCUT2D eigenvalue weighted by Gasteiger charge is -2.10. The quantitative estimate of drug-likeness (QED) is 0.841. The first-order valence-electron chi connectivity index (χ1n) is 6.49. The normalized spacial score (nSPS) is 10.4. The first-order valence-corrected chi connectivity index (χ1v) is 7.24. The molecule has 2 rings (SSSR count). The summed E-state index contributed by atoms with van der Waals surface area (Å²) in [6.07, 6.45) is 0.760. The average molecular weight is 324 g/mol. The van der Waals surface area contributed by atoms with Crippen molar-refractivity contribution in [2.75, 3.05) is 11.9 Å². The molecule has 0 atom stereocenters. The molecule has 0 heterocycles. The van der Waals surface area contributed by atoms with E-state index < -0.39 is 5.97 Å². The molecule has 0 aliphatic rings. The van der Waals surface area contributed by atoms with Gasteiger partial charge in [-0.1, -0.05) is 29.3 Å². The zero-order chi connectivity index (χ0) is 15.4. The van der Waals surface area contributed by atoms with Crippen LogP contribution in [0.2, 0.25) is 10.0 Å². The minimum atomic E-state index is -0.910. The third-order valence-electron chi connectivity index (χ3n) is 3.20. The molecule has 0 aliphatic heterocycles. The van der Waals surface area contributed by atoms with Crippen molar-refractivity contribution < 1.29 is 9.90 Å². The van der Waals surface area contributed by atoms with Gasteiger partial charge in [0.05, 0.1) is 5.56 Å². The summed E-state index contributed by atoms with van der Waals surface area (Å²) in [5.41, 5.74) is 2.97. The standard InChI is InChI=1S/C16H15Cl2NO2/c1-10-8-13(4-5-14(10)16(20)21)19-7-6-11-2-3-12(17)9-15(11)18/h2-5,8-9,19H,6-7H2,1H3,(H,20,21). The van der Waals surface area contributed by atoms with Gasteiger partial charge >= 0.3 is 5.97 Å². The van der Waals surface area contributed by atoms with Crippen LogP contribution in [-0.4, -0.2) is 17.6 Å². The van der Waals surface area contributed by atoms with Crippen molar-refractivity contribution in [3.8, 4) is 0 Å². The van der Waals surface area contributed by atoms with E-state index in [4.69, 9.17) is 28.3 Å². The van der Waals surface area contributed by atoms with Crippen LogP contribution in [0, 0.1) is 6.92 Å². The van der Waals surface area contributed by atoms with Gasteiger partial charge in [0.15, 0.2) is 0 Å². The molecule has 0 unspecified atom stereocenters. The molecule has 0 saturated heterocycles. The van der Waals surface area contributed by atoms with Crippen LogP contribution in [0.1, 0.15) is 21.5 Å². The maximum Gasteiger partial charge on any atom is 0.335 e. The Balaban J connectivity index is 1.97. The van der Waals surface area contributed by atoms with Crippen LogP contribution in [0.25, 0.3) is 0 Å². The van der Waals surface area contributed by atoms with E-state index in [9.17, 15) is 4.79 Å². The van der Waals surface area contributed by atoms with E-state index in [-0.39, 0.29) is 0 Å². The summed E-state index contributed by atoms with van der Waals surface area (Å²) < 4.78 is 0. The summed E-state index contributed by atoms with van der Waals surface area (Å²) in [5, 5.41) is 13.5. The molecule has 5 heteroatoms. The largest absolute Gasteiger partial charge is 0.478 e. The fourth-order valence-corrected chi connectivity index (χ4v) is 2.58. The lowest BCUT2D eigenvalue weighted by atomic mass is 10.1. The highest BCUT2D eigenvalue weighted by Crippen LogP contribution is 2.21. The van der Waals surface area contributed by atoms with E-state index >= 15 is 0 Å². The van der Waals surface area contributed by atoms with Crippen molar-refractivity contribution in [1.82, 2.24) is 0 Å². The highest BCUT2D eigenvalue weighted by atomic mass is 35.5. The molecule has 2 aromatic rings. The first-order chi connectivity index (χ1) is 9.97. The predicted octanol–water partition coefficient (Wildman–Crippen LogP) is 4.65. The van der Waals surface area contributed by atoms with Gasteiger partial charge in [0.1, 0.15) is 0 Å². The van der Waals surface area contributed by atoms with Gasteiger partial charge in [-0.25, -0.2) is 4.79 Å². The lowest BCUT2D eigenvalue weighted by Crippen LogP contribution is -2.06. The van der Waals surface area contributed by atoms with Gasteiger partial charge in [-0.3, -0.25) is 0 Å². The van der Waals surface area contributed by atoms with Crippen LogP contribution in [0.3, 0.4) is 0 Å². The Kier molecular flexibility index (Phi) is 5.10. The monoisotopic (exact) mass is 323 g/mol. The maximum absolute atomic E-state index is 11.0. The fraction of sp³-hybridized carbons (Fsp3) is 0.188. The zero-order valence-electron chi connectivity index (χ0n) is 11.5. The molecule has 0 spiro atoms. The Morgan fingerprint density at radius 2 is 1.95 bits per heavy atom. The number of carboxylic acids is 1. The molecule has 2 aromatic carbocycles. The molecule has 2 N–H and O–H groups in total. The van der Waals surface area contributed by atoms with Crippen molar-refractivity contribution in [3.63, 3.8) is 0 Å². The van der Waals surface area contributed by atoms with E-state index in [0.717, 1.165) is 23.2 Å². The molecule has 21 heavy (non-hydrogen) atoms. The molecule has 3 nitrogen and oxygen atoms in total. The van der Waals surface area contributed by atoms with Gasteiger partial charge in [0.2, 0.25) is 0 Å². The van der Waals surface area contributed by atoms with Crippen LogP contribution >= 0.6 is 23.2 Å². The summed E-state index contributed by atoms with van der Waals surface area (Å²) in [6, 6.07) is 10.6. The van der Waals surface area contributed by atoms with Crippen LogP contribution < -0.4 is 5.32 Å². The van der Waals surface area contributed by atoms with Crippen molar-refractivity contribution in [2.45, 2.75) is 13.3 Å². The second-order valence-electron chi connectivity index (χ2n) is 4.75. The predicted molar refractivity (Wildman–Crippen MR) is 86.8 cm³/mol. The molecule has 0 radical (unpaired) electrons. The number of halogens is 2. The SMILES string of the molecule is Cc1cc(NCCc2ccc(Cl)cc2Cl)ccc1C(=O)O. The molecule has 0 fully saturated rings. The lowest BCUT2D eigenvalue weighted by molar-refractivity contribution is 0.0696. The van der Waals surface area contributed by atoms with Crippen molar-refractivity contribution in [1.29, 1.82) is 0 Å². The van der Waals surface area contributed by atoms with Crippen molar-refractivity contribution in [3.05, 3.63) is 63.1 Å². The highest BCUT2D eigenvalue weighted by molar-refractivity contribution is 6.35. The number of hydrogen-bond acceptors (Lipinski definition) is 2. The molecular formula is C16H15Cl2NO2. The second-order valence-corrected chi connectivity index (χ2v) is 5.59. The molecule has 0 amide bonds. The second kappa shape index (κ2) is 6.83. The van der Waals surface area contributed by atoms with Crippen molar-refractivity contribution in [2.24, 2.45) is 0 Å². The van der Waals surface area contributed by atoms with Gasteiger partial charge in [0, 0.05) is 22.3 Å². The number of hydrogen-bond donors (Lipinski definition) is 2. The number of carboxylic acid groups (broad SMARTS) is 1. The molecule has 0 aliphatic carbocycles. The Bertz CT molecular complexity index is 671. The summed E-state index contributed by atoms with van der Waals surface area (Å²) in [7, 11) is 0. The van der Waals surface area contributed by atoms with Crippen molar-refractivity contribution >= 4 is 34.9 Å². The van der Waals surface area contributed by atoms with E-state index in [2.05, 4.69) is 5.32 Å². The number of aryl methyl sites for hydroxylation is 1. The molecule has 110 valence electrons. The van der Waals surface area contributed by atoms with Gasteiger partial charge in [-0.2, -0.15) is 0 Å². The van der Waals surface area contributed by atoms with Crippen LogP contribution in [0.4, 0.5) is 5.69 Å². The van der Waals surface area contributed by atoms with Gasteiger partial charge in [0.25, 0.3) is 0 Å². The third kappa shape index (κ3) is 4.13. The molecule has 0 aromatic heterocycles. The Morgan fingerprint density at radius 3 is 2.57 bits per heavy atom. The van der Waals surface area contributed by atoms with E-state index in [1.807, 2.05) is 18.2 Å². The third-order valence-corrected chi connectivity index (χ3v) is 3.78. The maximum atomic E-state index is 11.0. The Morgan fingerprint density at radius 1 is 1.19 bits per heavy atom. The van der Waals surface area contributed by atoms with E-state index in [1.165, 1.54) is 0 Å². The topological polar surface area (TPSA) is 49.3 Å². The first kappa shape index (κ1) is 15.7. The van der Waals surface area contributed by atoms with Gasteiger partial charge in [-0.05, 0) is 54.8 Å². The molecule has 0 bridgehead atoms. The number of nitrogens with one attached hydrogen (secondary N) is 1. The number of carbonyl (C=O) groups is 1. The fourth-order valence-electron chi connectivity index (χ4n) is 2.08. The smallest absolute Gasteiger partial charge is 0.335 e. The van der Waals surface area contributed by atoms with Gasteiger partial charge in [-0.15, -0.1) is 0 Å². The zero-order valence-corrected chi connectivity index (χ0v) is 13.0. The Hall–Kier alpha value is -1.71. The molecular weight excluding hydrogens is 309 g/mol. The number of aromatic carboxylic acids is 1. The summed E-state index contributed by atoms with van der Waals surface area (Å²) >= 11 is 12.0. The minimum absolute atomic E-state index is 0.321. The number of rotatable bonds is 5. The Labute approximate surface area is 133 Å². The number of benzene rings is 2. The summed E-state index contributed by atoms with van der Waals surface area (Å²) in [4.78, 5) is 11.0. The van der Waals surface area contributed by atoms with Crippen LogP contribution in [0.5, 0.6) is 0 Å². The van der Waals surface area contributed by atoms with Crippen LogP contribution in [0.15, 0.2) is 36.4 Å². The summed E-state index contributed by atoms with van der Waals surface area (Å²) in [6.45, 7) is 2.48. The van der Waals surface area contributed by atoms with Gasteiger partial charge < -0.3 is 10.4 Å².